The van der Waals surface area contributed by atoms with Gasteiger partial charge in [-0.2, -0.15) is 0 Å². The van der Waals surface area contributed by atoms with Crippen LogP contribution in [-0.2, 0) is 6.42 Å². The third kappa shape index (κ3) is 1.35. The smallest absolute Gasteiger partial charge is 0.121 e. The largest absolute Gasteiger partial charge is 0.508 e. The molecule has 0 aromatic heterocycles. The van der Waals surface area contributed by atoms with E-state index in [4.69, 9.17) is 11.5 Å². The molecule has 0 radical (unpaired) electrons. The summed E-state index contributed by atoms with van der Waals surface area (Å²) >= 11 is 0. The number of hydrogen-bond donors (Lipinski definition) is 3. The molecule has 2 rings (SSSR count). The van der Waals surface area contributed by atoms with E-state index in [0.29, 0.717) is 11.4 Å². The van der Waals surface area contributed by atoms with Crippen LogP contribution in [0.1, 0.15) is 30.0 Å². The Bertz CT molecular complexity index is 336. The molecule has 5 N–H and O–H groups in total. The predicted molar refractivity (Wildman–Crippen MR) is 52.4 cm³/mol. The van der Waals surface area contributed by atoms with Crippen molar-refractivity contribution >= 4 is 5.69 Å². The van der Waals surface area contributed by atoms with Crippen LogP contribution in [0.15, 0.2) is 12.1 Å². The lowest BCUT2D eigenvalue weighted by Crippen LogP contribution is -2.17. The minimum absolute atomic E-state index is 0.0400. The Morgan fingerprint density at radius 2 is 2.15 bits per heavy atom. The van der Waals surface area contributed by atoms with Crippen LogP contribution in [0.3, 0.4) is 0 Å². The van der Waals surface area contributed by atoms with Gasteiger partial charge in [0.25, 0.3) is 0 Å². The van der Waals surface area contributed by atoms with Gasteiger partial charge in [-0.05, 0) is 36.5 Å². The molecule has 0 saturated carbocycles. The van der Waals surface area contributed by atoms with E-state index in [2.05, 4.69) is 0 Å². The quantitative estimate of drug-likeness (QED) is 0.524. The molecule has 3 heteroatoms. The first-order valence-corrected chi connectivity index (χ1v) is 4.55. The van der Waals surface area contributed by atoms with Gasteiger partial charge in [0.1, 0.15) is 5.75 Å². The Balaban J connectivity index is 2.56. The fourth-order valence-electron chi connectivity index (χ4n) is 1.96. The maximum Gasteiger partial charge on any atom is 0.121 e. The SMILES string of the molecule is Nc1cc(O)c2c(c1)[C@H](N)CCC2. The Morgan fingerprint density at radius 3 is 2.92 bits per heavy atom. The fraction of sp³-hybridized carbons (Fsp3) is 0.400. The number of rotatable bonds is 0. The number of benzene rings is 1. The van der Waals surface area contributed by atoms with Crippen molar-refractivity contribution < 1.29 is 5.11 Å². The summed E-state index contributed by atoms with van der Waals surface area (Å²) in [4.78, 5) is 0. The monoisotopic (exact) mass is 178 g/mol. The van der Waals surface area contributed by atoms with Crippen molar-refractivity contribution in [3.63, 3.8) is 0 Å². The highest BCUT2D eigenvalue weighted by Gasteiger charge is 2.19. The molecule has 0 aliphatic heterocycles. The highest BCUT2D eigenvalue weighted by atomic mass is 16.3. The van der Waals surface area contributed by atoms with Crippen molar-refractivity contribution in [1.29, 1.82) is 0 Å². The second-order valence-corrected chi connectivity index (χ2v) is 3.61. The molecule has 1 aromatic carbocycles. The van der Waals surface area contributed by atoms with Crippen molar-refractivity contribution in [2.75, 3.05) is 5.73 Å². The molecule has 0 amide bonds. The zero-order valence-electron chi connectivity index (χ0n) is 7.46. The summed E-state index contributed by atoms with van der Waals surface area (Å²) in [5.74, 6) is 0.296. The first-order chi connectivity index (χ1) is 6.18. The molecular formula is C10H14N2O. The average molecular weight is 178 g/mol. The van der Waals surface area contributed by atoms with Gasteiger partial charge in [0.15, 0.2) is 0 Å². The van der Waals surface area contributed by atoms with Crippen LogP contribution < -0.4 is 11.5 Å². The predicted octanol–water partition coefficient (Wildman–Crippen LogP) is 1.31. The molecule has 1 atom stereocenters. The second-order valence-electron chi connectivity index (χ2n) is 3.61. The standard InChI is InChI=1S/C10H14N2O/c11-6-4-8-7(10(13)5-6)2-1-3-9(8)12/h4-5,9,13H,1-3,11-12H2/t9-/m1/s1. The molecule has 70 valence electrons. The zero-order valence-corrected chi connectivity index (χ0v) is 7.46. The minimum atomic E-state index is 0.0400. The van der Waals surface area contributed by atoms with Crippen molar-refractivity contribution in [2.24, 2.45) is 5.73 Å². The number of nitrogens with two attached hydrogens (primary N) is 2. The molecule has 0 fully saturated rings. The molecule has 0 heterocycles. The zero-order chi connectivity index (χ0) is 9.42. The second kappa shape index (κ2) is 2.92. The van der Waals surface area contributed by atoms with Crippen LogP contribution in [0.25, 0.3) is 0 Å². The highest BCUT2D eigenvalue weighted by Crippen LogP contribution is 2.35. The van der Waals surface area contributed by atoms with Gasteiger partial charge in [-0.15, -0.1) is 0 Å². The van der Waals surface area contributed by atoms with Crippen LogP contribution in [0.5, 0.6) is 5.75 Å². The van der Waals surface area contributed by atoms with Crippen molar-refractivity contribution in [2.45, 2.75) is 25.3 Å². The summed E-state index contributed by atoms with van der Waals surface area (Å²) in [5.41, 5.74) is 14.1. The van der Waals surface area contributed by atoms with E-state index in [-0.39, 0.29) is 6.04 Å². The van der Waals surface area contributed by atoms with Gasteiger partial charge in [0.05, 0.1) is 0 Å². The molecular weight excluding hydrogens is 164 g/mol. The lowest BCUT2D eigenvalue weighted by molar-refractivity contribution is 0.455. The molecule has 1 aromatic rings. The molecule has 0 spiro atoms. The first kappa shape index (κ1) is 8.38. The number of aromatic hydroxyl groups is 1. The van der Waals surface area contributed by atoms with Crippen LogP contribution >= 0.6 is 0 Å². The summed E-state index contributed by atoms with van der Waals surface area (Å²) in [7, 11) is 0. The third-order valence-electron chi connectivity index (χ3n) is 2.62. The first-order valence-electron chi connectivity index (χ1n) is 4.55. The Morgan fingerprint density at radius 1 is 1.38 bits per heavy atom. The van der Waals surface area contributed by atoms with Crippen LogP contribution in [0.2, 0.25) is 0 Å². The topological polar surface area (TPSA) is 72.3 Å². The molecule has 1 aliphatic rings. The van der Waals surface area contributed by atoms with Gasteiger partial charge in [0, 0.05) is 17.8 Å². The number of phenols is 1. The summed E-state index contributed by atoms with van der Waals surface area (Å²) < 4.78 is 0. The van der Waals surface area contributed by atoms with Gasteiger partial charge in [0.2, 0.25) is 0 Å². The molecule has 3 nitrogen and oxygen atoms in total. The van der Waals surface area contributed by atoms with Gasteiger partial charge in [-0.25, -0.2) is 0 Å². The molecule has 1 aliphatic carbocycles. The van der Waals surface area contributed by atoms with Crippen molar-refractivity contribution in [3.05, 3.63) is 23.3 Å². The summed E-state index contributed by atoms with van der Waals surface area (Å²) in [6, 6.07) is 3.51. The van der Waals surface area contributed by atoms with Crippen molar-refractivity contribution in [1.82, 2.24) is 0 Å². The van der Waals surface area contributed by atoms with Gasteiger partial charge < -0.3 is 16.6 Å². The number of anilines is 1. The summed E-state index contributed by atoms with van der Waals surface area (Å²) in [6.45, 7) is 0. The van der Waals surface area contributed by atoms with E-state index in [0.717, 1.165) is 30.4 Å². The normalized spacial score (nSPS) is 21.2. The lowest BCUT2D eigenvalue weighted by atomic mass is 9.87. The molecule has 13 heavy (non-hydrogen) atoms. The number of nitrogen functional groups attached to an aromatic ring is 1. The number of phenolic OH excluding ortho intramolecular Hbond substituents is 1. The maximum atomic E-state index is 9.62. The van der Waals surface area contributed by atoms with E-state index in [1.807, 2.05) is 6.07 Å². The molecule has 0 unspecified atom stereocenters. The van der Waals surface area contributed by atoms with Gasteiger partial charge in [-0.3, -0.25) is 0 Å². The van der Waals surface area contributed by atoms with E-state index in [9.17, 15) is 5.11 Å². The van der Waals surface area contributed by atoms with Gasteiger partial charge >= 0.3 is 0 Å². The molecule has 0 bridgehead atoms. The van der Waals surface area contributed by atoms with Crippen LogP contribution in [-0.4, -0.2) is 5.11 Å². The summed E-state index contributed by atoms with van der Waals surface area (Å²) in [5, 5.41) is 9.62. The Kier molecular flexibility index (Phi) is 1.88. The van der Waals surface area contributed by atoms with Gasteiger partial charge in [-0.1, -0.05) is 0 Å². The minimum Gasteiger partial charge on any atom is -0.508 e. The Hall–Kier alpha value is -1.22. The lowest BCUT2D eigenvalue weighted by Gasteiger charge is -2.23. The highest BCUT2D eigenvalue weighted by molar-refractivity contribution is 5.54. The maximum absolute atomic E-state index is 9.62. The summed E-state index contributed by atoms with van der Waals surface area (Å²) in [6.07, 6.45) is 2.94. The van der Waals surface area contributed by atoms with E-state index < -0.39 is 0 Å². The molecule has 0 saturated heterocycles. The fourth-order valence-corrected chi connectivity index (χ4v) is 1.96. The average Bonchev–Trinajstić information content (AvgIpc) is 2.07. The van der Waals surface area contributed by atoms with E-state index in [1.54, 1.807) is 6.07 Å². The Labute approximate surface area is 77.4 Å². The van der Waals surface area contributed by atoms with Crippen LogP contribution in [0, 0.1) is 0 Å². The van der Waals surface area contributed by atoms with E-state index >= 15 is 0 Å². The van der Waals surface area contributed by atoms with Crippen molar-refractivity contribution in [3.8, 4) is 5.75 Å². The third-order valence-corrected chi connectivity index (χ3v) is 2.62. The number of hydrogen-bond acceptors (Lipinski definition) is 3. The van der Waals surface area contributed by atoms with Crippen LogP contribution in [0.4, 0.5) is 5.69 Å². The van der Waals surface area contributed by atoms with E-state index in [1.165, 1.54) is 0 Å². The number of fused-ring (bicyclic) bond motifs is 1.